The lowest BCUT2D eigenvalue weighted by molar-refractivity contribution is -0.0436. The lowest BCUT2D eigenvalue weighted by Gasteiger charge is -2.34. The van der Waals surface area contributed by atoms with Gasteiger partial charge in [0.2, 0.25) is 0 Å². The van der Waals surface area contributed by atoms with Crippen LogP contribution in [0.1, 0.15) is 30.1 Å². The number of alkyl halides is 3. The molecule has 0 radical (unpaired) electrons. The molecule has 0 spiro atoms. The van der Waals surface area contributed by atoms with E-state index in [-0.39, 0.29) is 23.4 Å². The number of piperidine rings is 1. The Morgan fingerprint density at radius 1 is 1.29 bits per heavy atom. The largest absolute Gasteiger partial charge is 0.501 e. The van der Waals surface area contributed by atoms with Gasteiger partial charge in [0, 0.05) is 24.7 Å². The number of hydrogen-bond acceptors (Lipinski definition) is 4. The summed E-state index contributed by atoms with van der Waals surface area (Å²) in [5.41, 5.74) is 0.654. The molecule has 24 heavy (non-hydrogen) atoms. The van der Waals surface area contributed by atoms with Crippen LogP contribution >= 0.6 is 0 Å². The fourth-order valence-corrected chi connectivity index (χ4v) is 3.48. The van der Waals surface area contributed by atoms with E-state index >= 15 is 0 Å². The monoisotopic (exact) mass is 364 g/mol. The van der Waals surface area contributed by atoms with Crippen molar-refractivity contribution >= 4 is 15.7 Å². The summed E-state index contributed by atoms with van der Waals surface area (Å²) in [7, 11) is -5.41. The molecule has 0 saturated carbocycles. The molecular formula is C15H19F3N2O3S. The first-order valence-corrected chi connectivity index (χ1v) is 8.98. The van der Waals surface area contributed by atoms with Crippen molar-refractivity contribution in [3.8, 4) is 0 Å². The number of halogens is 3. The Kier molecular flexibility index (Phi) is 5.24. The quantitative estimate of drug-likeness (QED) is 0.891. The van der Waals surface area contributed by atoms with Gasteiger partial charge in [-0.2, -0.15) is 13.2 Å². The molecule has 0 bridgehead atoms. The van der Waals surface area contributed by atoms with Gasteiger partial charge in [-0.05, 0) is 49.9 Å². The van der Waals surface area contributed by atoms with Crippen LogP contribution < -0.4 is 5.73 Å². The zero-order valence-corrected chi connectivity index (χ0v) is 13.9. The number of nitrogens with zero attached hydrogens (tertiary/aromatic N) is 1. The molecule has 1 fully saturated rings. The molecule has 2 unspecified atom stereocenters. The van der Waals surface area contributed by atoms with Crippen molar-refractivity contribution in [1.29, 1.82) is 0 Å². The van der Waals surface area contributed by atoms with Gasteiger partial charge in [-0.1, -0.05) is 0 Å². The second kappa shape index (κ2) is 6.72. The number of carbonyl (C=O) groups excluding carboxylic acids is 1. The topological polar surface area (TPSA) is 80.5 Å². The third-order valence-corrected chi connectivity index (χ3v) is 5.71. The second-order valence-electron chi connectivity index (χ2n) is 5.99. The summed E-state index contributed by atoms with van der Waals surface area (Å²) in [6.07, 6.45) is 1.72. The summed E-state index contributed by atoms with van der Waals surface area (Å²) in [5.74, 6) is -0.163. The zero-order valence-electron chi connectivity index (χ0n) is 13.1. The number of rotatable bonds is 3. The molecule has 1 amide bonds. The van der Waals surface area contributed by atoms with Crippen molar-refractivity contribution in [3.63, 3.8) is 0 Å². The maximum Gasteiger partial charge on any atom is 0.501 e. The Morgan fingerprint density at radius 2 is 1.88 bits per heavy atom. The second-order valence-corrected chi connectivity index (χ2v) is 7.93. The highest BCUT2D eigenvalue weighted by molar-refractivity contribution is 7.92. The lowest BCUT2D eigenvalue weighted by atomic mass is 9.92. The standard InChI is InChI=1S/C15H19F3N2O3S/c1-10(19)12-3-2-8-20(9-12)14(21)11-4-6-13(7-5-11)24(22,23)15(16,17)18/h4-7,10,12H,2-3,8-9,19H2,1H3. The van der Waals surface area contributed by atoms with E-state index in [9.17, 15) is 26.4 Å². The first-order valence-electron chi connectivity index (χ1n) is 7.50. The van der Waals surface area contributed by atoms with E-state index < -0.39 is 20.2 Å². The van der Waals surface area contributed by atoms with Crippen LogP contribution in [0.25, 0.3) is 0 Å². The molecule has 2 rings (SSSR count). The minimum absolute atomic E-state index is 0.0556. The van der Waals surface area contributed by atoms with Gasteiger partial charge in [-0.25, -0.2) is 8.42 Å². The van der Waals surface area contributed by atoms with Gasteiger partial charge in [0.1, 0.15) is 0 Å². The van der Waals surface area contributed by atoms with Gasteiger partial charge in [0.05, 0.1) is 4.90 Å². The first kappa shape index (κ1) is 18.7. The van der Waals surface area contributed by atoms with Crippen LogP contribution in [0.4, 0.5) is 13.2 Å². The van der Waals surface area contributed by atoms with Crippen molar-refractivity contribution < 1.29 is 26.4 Å². The fourth-order valence-electron chi connectivity index (χ4n) is 2.72. The molecule has 5 nitrogen and oxygen atoms in total. The van der Waals surface area contributed by atoms with E-state index in [4.69, 9.17) is 5.73 Å². The molecule has 2 atom stereocenters. The van der Waals surface area contributed by atoms with E-state index in [1.807, 2.05) is 6.92 Å². The maximum atomic E-state index is 12.5. The molecule has 1 aromatic rings. The normalized spacial score (nSPS) is 20.7. The fraction of sp³-hybridized carbons (Fsp3) is 0.533. The van der Waals surface area contributed by atoms with Crippen molar-refractivity contribution in [2.45, 2.75) is 36.2 Å². The minimum atomic E-state index is -5.41. The average Bonchev–Trinajstić information content (AvgIpc) is 2.53. The van der Waals surface area contributed by atoms with Crippen LogP contribution in [0.3, 0.4) is 0 Å². The molecule has 2 N–H and O–H groups in total. The van der Waals surface area contributed by atoms with Gasteiger partial charge in [0.15, 0.2) is 0 Å². The molecular weight excluding hydrogens is 345 g/mol. The Bertz CT molecular complexity index is 700. The molecule has 1 heterocycles. The van der Waals surface area contributed by atoms with Gasteiger partial charge in [-0.15, -0.1) is 0 Å². The molecule has 1 aromatic carbocycles. The number of carbonyl (C=O) groups is 1. The summed E-state index contributed by atoms with van der Waals surface area (Å²) in [6.45, 7) is 2.90. The Morgan fingerprint density at radius 3 is 2.38 bits per heavy atom. The van der Waals surface area contributed by atoms with Crippen molar-refractivity contribution in [1.82, 2.24) is 4.90 Å². The molecule has 1 aliphatic rings. The molecule has 1 saturated heterocycles. The van der Waals surface area contributed by atoms with Crippen LogP contribution in [0.15, 0.2) is 29.2 Å². The number of likely N-dealkylation sites (tertiary alicyclic amines) is 1. The van der Waals surface area contributed by atoms with Gasteiger partial charge in [0.25, 0.3) is 15.7 Å². The number of amides is 1. The minimum Gasteiger partial charge on any atom is -0.338 e. The molecule has 134 valence electrons. The van der Waals surface area contributed by atoms with Crippen LogP contribution in [-0.2, 0) is 9.84 Å². The first-order chi connectivity index (χ1) is 11.0. The lowest BCUT2D eigenvalue weighted by Crippen LogP contribution is -2.45. The van der Waals surface area contributed by atoms with Crippen LogP contribution in [0.2, 0.25) is 0 Å². The van der Waals surface area contributed by atoms with Crippen LogP contribution in [0, 0.1) is 5.92 Å². The van der Waals surface area contributed by atoms with E-state index in [0.29, 0.717) is 13.1 Å². The number of benzene rings is 1. The van der Waals surface area contributed by atoms with Crippen molar-refractivity contribution in [3.05, 3.63) is 29.8 Å². The summed E-state index contributed by atoms with van der Waals surface area (Å²) in [5, 5.41) is 0. The van der Waals surface area contributed by atoms with Gasteiger partial charge < -0.3 is 10.6 Å². The highest BCUT2D eigenvalue weighted by Gasteiger charge is 2.46. The van der Waals surface area contributed by atoms with Crippen molar-refractivity contribution in [2.24, 2.45) is 11.7 Å². The maximum absolute atomic E-state index is 12.5. The van der Waals surface area contributed by atoms with Gasteiger partial charge >= 0.3 is 5.51 Å². The summed E-state index contributed by atoms with van der Waals surface area (Å²) in [6, 6.07) is 3.78. The van der Waals surface area contributed by atoms with Gasteiger partial charge in [-0.3, -0.25) is 4.79 Å². The van der Waals surface area contributed by atoms with E-state index in [1.165, 1.54) is 0 Å². The predicted molar refractivity (Wildman–Crippen MR) is 82.0 cm³/mol. The molecule has 0 aliphatic carbocycles. The molecule has 1 aliphatic heterocycles. The third kappa shape index (κ3) is 3.72. The third-order valence-electron chi connectivity index (χ3n) is 4.20. The SMILES string of the molecule is CC(N)C1CCCN(C(=O)c2ccc(S(=O)(=O)C(F)(F)F)cc2)C1. The zero-order chi connectivity index (χ0) is 18.1. The summed E-state index contributed by atoms with van der Waals surface area (Å²) >= 11 is 0. The molecule has 0 aromatic heterocycles. The van der Waals surface area contributed by atoms with Crippen molar-refractivity contribution in [2.75, 3.05) is 13.1 Å². The highest BCUT2D eigenvalue weighted by atomic mass is 32.2. The highest BCUT2D eigenvalue weighted by Crippen LogP contribution is 2.30. The number of nitrogens with two attached hydrogens (primary N) is 1. The summed E-state index contributed by atoms with van der Waals surface area (Å²) < 4.78 is 60.2. The molecule has 9 heteroatoms. The Labute approximate surface area is 138 Å². The smallest absolute Gasteiger partial charge is 0.338 e. The van der Waals surface area contributed by atoms with Crippen LogP contribution in [0.5, 0.6) is 0 Å². The Hall–Kier alpha value is -1.61. The van der Waals surface area contributed by atoms with Crippen LogP contribution in [-0.4, -0.2) is 43.9 Å². The van der Waals surface area contributed by atoms with E-state index in [0.717, 1.165) is 37.1 Å². The van der Waals surface area contributed by atoms with E-state index in [1.54, 1.807) is 4.90 Å². The number of hydrogen-bond donors (Lipinski definition) is 1. The average molecular weight is 364 g/mol. The summed E-state index contributed by atoms with van der Waals surface area (Å²) in [4.78, 5) is 13.2. The number of sulfone groups is 1. The van der Waals surface area contributed by atoms with E-state index in [2.05, 4.69) is 0 Å². The predicted octanol–water partition coefficient (Wildman–Crippen LogP) is 2.18. The Balaban J connectivity index is 2.18.